The van der Waals surface area contributed by atoms with Crippen molar-refractivity contribution in [3.63, 3.8) is 0 Å². The molecule has 0 aliphatic carbocycles. The average molecular weight is 197 g/mol. The highest BCUT2D eigenvalue weighted by molar-refractivity contribution is 5.25. The van der Waals surface area contributed by atoms with Crippen molar-refractivity contribution in [1.29, 1.82) is 0 Å². The molecule has 78 valence electrons. The van der Waals surface area contributed by atoms with Crippen LogP contribution in [-0.4, -0.2) is 41.1 Å². The maximum atomic E-state index is 5.90. The number of nitrogens with two attached hydrogens (primary N) is 1. The van der Waals surface area contributed by atoms with E-state index in [4.69, 9.17) is 10.5 Å². The molecular formula is C8H15N5O. The number of rotatable bonds is 2. The number of hydrogen-bond acceptors (Lipinski definition) is 5. The van der Waals surface area contributed by atoms with Crippen LogP contribution in [0.3, 0.4) is 0 Å². The molecule has 0 amide bonds. The molecule has 1 aliphatic rings. The zero-order valence-corrected chi connectivity index (χ0v) is 8.40. The molecule has 3 N–H and O–H groups in total. The first-order chi connectivity index (χ1) is 6.74. The van der Waals surface area contributed by atoms with Gasteiger partial charge in [0.1, 0.15) is 5.82 Å². The van der Waals surface area contributed by atoms with Crippen LogP contribution in [0, 0.1) is 0 Å². The molecule has 0 saturated carbocycles. The highest BCUT2D eigenvalue weighted by Crippen LogP contribution is 2.23. The lowest BCUT2D eigenvalue weighted by molar-refractivity contribution is 0.190. The highest BCUT2D eigenvalue weighted by Gasteiger charge is 2.30. The number of ether oxygens (including phenoxy) is 1. The maximum absolute atomic E-state index is 5.90. The van der Waals surface area contributed by atoms with Crippen molar-refractivity contribution in [3.8, 4) is 0 Å². The number of nitrogens with zero attached hydrogens (tertiary/aromatic N) is 3. The zero-order chi connectivity index (χ0) is 10.1. The Morgan fingerprint density at radius 1 is 1.50 bits per heavy atom. The largest absolute Gasteiger partial charge is 0.379 e. The van der Waals surface area contributed by atoms with Crippen molar-refractivity contribution in [2.24, 2.45) is 12.8 Å². The first kappa shape index (κ1) is 9.42. The normalized spacial score (nSPS) is 26.8. The summed E-state index contributed by atoms with van der Waals surface area (Å²) >= 11 is 0. The van der Waals surface area contributed by atoms with Gasteiger partial charge in [-0.05, 0) is 0 Å². The fraction of sp³-hybridized carbons (Fsp3) is 0.750. The molecule has 0 aromatic carbocycles. The van der Waals surface area contributed by atoms with E-state index in [0.717, 1.165) is 11.8 Å². The van der Waals surface area contributed by atoms with Gasteiger partial charge in [-0.15, -0.1) is 10.2 Å². The Kier molecular flexibility index (Phi) is 2.39. The highest BCUT2D eigenvalue weighted by atomic mass is 16.5. The van der Waals surface area contributed by atoms with Gasteiger partial charge in [0.15, 0.2) is 0 Å². The van der Waals surface area contributed by atoms with Crippen molar-refractivity contribution >= 4 is 5.95 Å². The van der Waals surface area contributed by atoms with Gasteiger partial charge in [-0.3, -0.25) is 0 Å². The minimum absolute atomic E-state index is 0.0302. The quantitative estimate of drug-likeness (QED) is 0.655. The van der Waals surface area contributed by atoms with Crippen LogP contribution >= 0.6 is 0 Å². The molecule has 2 atom stereocenters. The van der Waals surface area contributed by atoms with Crippen LogP contribution < -0.4 is 11.1 Å². The summed E-state index contributed by atoms with van der Waals surface area (Å²) in [6, 6.07) is 0.0302. The van der Waals surface area contributed by atoms with Crippen LogP contribution in [0.15, 0.2) is 0 Å². The number of nitrogens with one attached hydrogen (secondary N) is 1. The molecule has 2 heterocycles. The van der Waals surface area contributed by atoms with Gasteiger partial charge in [-0.1, -0.05) is 0 Å². The van der Waals surface area contributed by atoms with Crippen molar-refractivity contribution in [3.05, 3.63) is 5.82 Å². The van der Waals surface area contributed by atoms with Crippen LogP contribution in [-0.2, 0) is 11.8 Å². The van der Waals surface area contributed by atoms with Crippen molar-refractivity contribution in [2.75, 3.05) is 25.6 Å². The first-order valence-corrected chi connectivity index (χ1v) is 4.64. The third kappa shape index (κ3) is 1.36. The Bertz CT molecular complexity index is 324. The van der Waals surface area contributed by atoms with Gasteiger partial charge < -0.3 is 20.4 Å². The van der Waals surface area contributed by atoms with Gasteiger partial charge in [-0.25, -0.2) is 0 Å². The second-order valence-corrected chi connectivity index (χ2v) is 3.50. The summed E-state index contributed by atoms with van der Waals surface area (Å²) < 4.78 is 7.21. The third-order valence-electron chi connectivity index (χ3n) is 2.59. The molecule has 0 bridgehead atoms. The van der Waals surface area contributed by atoms with E-state index in [2.05, 4.69) is 15.5 Å². The lowest BCUT2D eigenvalue weighted by Gasteiger charge is -2.12. The van der Waals surface area contributed by atoms with E-state index in [1.54, 1.807) is 0 Å². The molecule has 6 nitrogen and oxygen atoms in total. The molecule has 6 heteroatoms. The number of aromatic nitrogens is 3. The summed E-state index contributed by atoms with van der Waals surface area (Å²) in [4.78, 5) is 0. The minimum Gasteiger partial charge on any atom is -0.379 e. The van der Waals surface area contributed by atoms with E-state index in [1.165, 1.54) is 0 Å². The molecule has 0 radical (unpaired) electrons. The lowest BCUT2D eigenvalue weighted by Crippen LogP contribution is -2.28. The second kappa shape index (κ2) is 3.55. The minimum atomic E-state index is 0.0302. The van der Waals surface area contributed by atoms with E-state index in [0.29, 0.717) is 13.2 Å². The lowest BCUT2D eigenvalue weighted by atomic mass is 10.0. The monoisotopic (exact) mass is 197 g/mol. The molecular weight excluding hydrogens is 182 g/mol. The standard InChI is InChI=1S/C8H15N5O/c1-10-8-12-11-7(13(8)2)5-3-14-4-6(5)9/h5-6H,3-4,9H2,1-2H3,(H,10,12). The zero-order valence-electron chi connectivity index (χ0n) is 8.40. The SMILES string of the molecule is CNc1nnc(C2COCC2N)n1C. The molecule has 1 saturated heterocycles. The van der Waals surface area contributed by atoms with Crippen LogP contribution in [0.2, 0.25) is 0 Å². The predicted molar refractivity (Wildman–Crippen MR) is 52.1 cm³/mol. The topological polar surface area (TPSA) is 78.0 Å². The van der Waals surface area contributed by atoms with E-state index < -0.39 is 0 Å². The first-order valence-electron chi connectivity index (χ1n) is 4.64. The van der Waals surface area contributed by atoms with E-state index in [9.17, 15) is 0 Å². The Balaban J connectivity index is 2.27. The Morgan fingerprint density at radius 3 is 2.79 bits per heavy atom. The smallest absolute Gasteiger partial charge is 0.224 e. The molecule has 14 heavy (non-hydrogen) atoms. The van der Waals surface area contributed by atoms with Crippen LogP contribution in [0.4, 0.5) is 5.95 Å². The Morgan fingerprint density at radius 2 is 2.29 bits per heavy atom. The Labute approximate surface area is 82.4 Å². The van der Waals surface area contributed by atoms with Gasteiger partial charge in [0, 0.05) is 20.1 Å². The molecule has 1 aromatic heterocycles. The number of hydrogen-bond donors (Lipinski definition) is 2. The number of anilines is 1. The molecule has 2 unspecified atom stereocenters. The van der Waals surface area contributed by atoms with E-state index in [-0.39, 0.29) is 12.0 Å². The maximum Gasteiger partial charge on any atom is 0.224 e. The summed E-state index contributed by atoms with van der Waals surface area (Å²) in [5, 5.41) is 11.1. The molecule has 0 spiro atoms. The third-order valence-corrected chi connectivity index (χ3v) is 2.59. The summed E-state index contributed by atoms with van der Waals surface area (Å²) in [5.74, 6) is 1.80. The van der Waals surface area contributed by atoms with Gasteiger partial charge in [0.25, 0.3) is 0 Å². The van der Waals surface area contributed by atoms with Gasteiger partial charge in [0.05, 0.1) is 19.1 Å². The molecule has 1 aliphatic heterocycles. The van der Waals surface area contributed by atoms with E-state index >= 15 is 0 Å². The fourth-order valence-corrected chi connectivity index (χ4v) is 1.72. The van der Waals surface area contributed by atoms with Gasteiger partial charge in [-0.2, -0.15) is 0 Å². The van der Waals surface area contributed by atoms with Crippen molar-refractivity contribution in [2.45, 2.75) is 12.0 Å². The van der Waals surface area contributed by atoms with Gasteiger partial charge in [0.2, 0.25) is 5.95 Å². The summed E-state index contributed by atoms with van der Waals surface area (Å²) in [5.41, 5.74) is 5.90. The Hall–Kier alpha value is -1.14. The average Bonchev–Trinajstić information content (AvgIpc) is 2.72. The van der Waals surface area contributed by atoms with Crippen LogP contribution in [0.25, 0.3) is 0 Å². The summed E-state index contributed by atoms with van der Waals surface area (Å²) in [6.45, 7) is 1.24. The molecule has 1 aromatic rings. The van der Waals surface area contributed by atoms with Gasteiger partial charge >= 0.3 is 0 Å². The van der Waals surface area contributed by atoms with Crippen molar-refractivity contribution < 1.29 is 4.74 Å². The molecule has 1 fully saturated rings. The molecule has 2 rings (SSSR count). The second-order valence-electron chi connectivity index (χ2n) is 3.50. The fourth-order valence-electron chi connectivity index (χ4n) is 1.72. The summed E-state index contributed by atoms with van der Waals surface area (Å²) in [6.07, 6.45) is 0. The van der Waals surface area contributed by atoms with Crippen LogP contribution in [0.1, 0.15) is 11.7 Å². The van der Waals surface area contributed by atoms with Crippen molar-refractivity contribution in [1.82, 2.24) is 14.8 Å². The predicted octanol–water partition coefficient (Wildman–Crippen LogP) is -0.702. The summed E-state index contributed by atoms with van der Waals surface area (Å²) in [7, 11) is 3.74. The van der Waals surface area contributed by atoms with Crippen LogP contribution in [0.5, 0.6) is 0 Å². The van der Waals surface area contributed by atoms with E-state index in [1.807, 2.05) is 18.7 Å².